The molecule has 2 amide bonds. The Morgan fingerprint density at radius 2 is 1.76 bits per heavy atom. The molecule has 0 aliphatic carbocycles. The third-order valence-corrected chi connectivity index (χ3v) is 6.06. The van der Waals surface area contributed by atoms with E-state index in [9.17, 15) is 14.9 Å². The molecule has 1 fully saturated rings. The van der Waals surface area contributed by atoms with Gasteiger partial charge in [0.15, 0.2) is 0 Å². The second-order valence-electron chi connectivity index (χ2n) is 7.62. The summed E-state index contributed by atoms with van der Waals surface area (Å²) < 4.78 is 11.5. The Morgan fingerprint density at radius 3 is 2.53 bits per heavy atom. The number of hydrogen-bond acceptors (Lipinski definition) is 6. The second-order valence-corrected chi connectivity index (χ2v) is 8.62. The average molecular weight is 471 g/mol. The number of carbonyl (C=O) groups excluding carboxylic acids is 2. The molecule has 1 aliphatic heterocycles. The van der Waals surface area contributed by atoms with Crippen molar-refractivity contribution in [3.05, 3.63) is 100.0 Å². The highest BCUT2D eigenvalue weighted by Gasteiger charge is 2.34. The lowest BCUT2D eigenvalue weighted by molar-refractivity contribution is -0.123. The molecule has 0 N–H and O–H groups in total. The number of aryl methyl sites for hydroxylation is 1. The fourth-order valence-electron chi connectivity index (χ4n) is 3.38. The van der Waals surface area contributed by atoms with E-state index in [1.54, 1.807) is 24.3 Å². The van der Waals surface area contributed by atoms with Crippen LogP contribution in [0.1, 0.15) is 22.3 Å². The molecule has 7 heteroatoms. The van der Waals surface area contributed by atoms with Crippen LogP contribution in [-0.4, -0.2) is 29.2 Å². The van der Waals surface area contributed by atoms with E-state index in [0.717, 1.165) is 28.5 Å². The summed E-state index contributed by atoms with van der Waals surface area (Å²) in [5.41, 5.74) is 3.26. The van der Waals surface area contributed by atoms with Gasteiger partial charge in [-0.25, -0.2) is 0 Å². The van der Waals surface area contributed by atoms with Gasteiger partial charge in [-0.1, -0.05) is 42.5 Å². The minimum absolute atomic E-state index is 0.187. The van der Waals surface area contributed by atoms with E-state index >= 15 is 0 Å². The quantitative estimate of drug-likeness (QED) is 0.401. The predicted molar refractivity (Wildman–Crippen MR) is 131 cm³/mol. The number of benzene rings is 3. The fourth-order valence-corrected chi connectivity index (χ4v) is 4.25. The Labute approximate surface area is 202 Å². The van der Waals surface area contributed by atoms with Crippen molar-refractivity contribution in [2.45, 2.75) is 13.5 Å². The van der Waals surface area contributed by atoms with Gasteiger partial charge in [0.2, 0.25) is 0 Å². The summed E-state index contributed by atoms with van der Waals surface area (Å²) in [6, 6.07) is 24.3. The van der Waals surface area contributed by atoms with Gasteiger partial charge in [0.1, 0.15) is 24.7 Å². The smallest absolute Gasteiger partial charge is 0.293 e. The third-order valence-electron chi connectivity index (χ3n) is 5.16. The standard InChI is InChI=1S/C27H22N2O4S/c1-19-5-4-8-24(15-19)32-14-13-29-26(30)25(34-27(29)31)16-20-9-11-23(12-10-20)33-18-22-7-3-2-6-21(22)17-28/h2-12,15-16H,13-14,18H2,1H3/b25-16-. The van der Waals surface area contributed by atoms with Gasteiger partial charge in [-0.05, 0) is 66.2 Å². The zero-order valence-electron chi connectivity index (χ0n) is 18.6. The molecule has 0 bridgehead atoms. The average Bonchev–Trinajstić information content (AvgIpc) is 3.11. The second kappa shape index (κ2) is 10.7. The molecule has 34 heavy (non-hydrogen) atoms. The Morgan fingerprint density at radius 1 is 0.971 bits per heavy atom. The third kappa shape index (κ3) is 5.66. The van der Waals surface area contributed by atoms with Crippen molar-refractivity contribution >= 4 is 29.0 Å². The molecule has 0 spiro atoms. The first-order valence-electron chi connectivity index (χ1n) is 10.7. The van der Waals surface area contributed by atoms with Crippen molar-refractivity contribution in [2.24, 2.45) is 0 Å². The number of nitriles is 1. The largest absolute Gasteiger partial charge is 0.492 e. The molecule has 1 aliphatic rings. The van der Waals surface area contributed by atoms with Gasteiger partial charge in [0.05, 0.1) is 23.1 Å². The normalized spacial score (nSPS) is 14.4. The van der Waals surface area contributed by atoms with E-state index in [2.05, 4.69) is 6.07 Å². The number of rotatable bonds is 8. The molecule has 3 aromatic rings. The molecular formula is C27H22N2O4S. The number of amides is 2. The fraction of sp³-hybridized carbons (Fsp3) is 0.148. The summed E-state index contributed by atoms with van der Waals surface area (Å²) in [5, 5.41) is 8.88. The maximum atomic E-state index is 12.7. The summed E-state index contributed by atoms with van der Waals surface area (Å²) in [6.45, 7) is 2.68. The summed E-state index contributed by atoms with van der Waals surface area (Å²) >= 11 is 0.922. The predicted octanol–water partition coefficient (Wildman–Crippen LogP) is 5.56. The maximum absolute atomic E-state index is 12.7. The van der Waals surface area contributed by atoms with Crippen molar-refractivity contribution in [2.75, 3.05) is 13.2 Å². The minimum atomic E-state index is -0.323. The van der Waals surface area contributed by atoms with Crippen LogP contribution in [0.2, 0.25) is 0 Å². The van der Waals surface area contributed by atoms with Crippen molar-refractivity contribution in [3.63, 3.8) is 0 Å². The van der Waals surface area contributed by atoms with Gasteiger partial charge in [-0.3, -0.25) is 14.5 Å². The van der Waals surface area contributed by atoms with Crippen molar-refractivity contribution < 1.29 is 19.1 Å². The van der Waals surface area contributed by atoms with Crippen LogP contribution >= 0.6 is 11.8 Å². The zero-order chi connectivity index (χ0) is 23.9. The monoisotopic (exact) mass is 470 g/mol. The van der Waals surface area contributed by atoms with Crippen molar-refractivity contribution in [1.82, 2.24) is 4.90 Å². The summed E-state index contributed by atoms with van der Waals surface area (Å²) in [4.78, 5) is 26.6. The van der Waals surface area contributed by atoms with Gasteiger partial charge in [-0.15, -0.1) is 0 Å². The van der Waals surface area contributed by atoms with Crippen LogP contribution in [0, 0.1) is 18.3 Å². The van der Waals surface area contributed by atoms with E-state index in [1.165, 1.54) is 4.90 Å². The van der Waals surface area contributed by atoms with Crippen LogP contribution in [-0.2, 0) is 11.4 Å². The van der Waals surface area contributed by atoms with Crippen LogP contribution in [0.25, 0.3) is 6.08 Å². The van der Waals surface area contributed by atoms with Gasteiger partial charge in [-0.2, -0.15) is 5.26 Å². The van der Waals surface area contributed by atoms with Crippen LogP contribution in [0.3, 0.4) is 0 Å². The first-order valence-corrected chi connectivity index (χ1v) is 11.5. The Hall–Kier alpha value is -4.02. The molecule has 170 valence electrons. The first-order chi connectivity index (χ1) is 16.5. The number of carbonyl (C=O) groups is 2. The summed E-state index contributed by atoms with van der Waals surface area (Å²) in [7, 11) is 0. The number of imide groups is 1. The molecule has 1 heterocycles. The molecule has 0 radical (unpaired) electrons. The molecule has 1 saturated heterocycles. The molecule has 3 aromatic carbocycles. The number of hydrogen-bond donors (Lipinski definition) is 0. The summed E-state index contributed by atoms with van der Waals surface area (Å²) in [5.74, 6) is 1.03. The van der Waals surface area contributed by atoms with E-state index in [1.807, 2.05) is 61.5 Å². The van der Waals surface area contributed by atoms with Crippen LogP contribution in [0.4, 0.5) is 4.79 Å². The summed E-state index contributed by atoms with van der Waals surface area (Å²) in [6.07, 6.45) is 1.70. The van der Waals surface area contributed by atoms with Gasteiger partial charge in [0.25, 0.3) is 11.1 Å². The van der Waals surface area contributed by atoms with Crippen LogP contribution in [0.15, 0.2) is 77.7 Å². The molecule has 4 rings (SSSR count). The highest BCUT2D eigenvalue weighted by Crippen LogP contribution is 2.32. The number of nitrogens with zero attached hydrogens (tertiary/aromatic N) is 2. The number of ether oxygens (including phenoxy) is 2. The van der Waals surface area contributed by atoms with Gasteiger partial charge >= 0.3 is 0 Å². The lowest BCUT2D eigenvalue weighted by Gasteiger charge is -2.13. The SMILES string of the molecule is Cc1cccc(OCCN2C(=O)S/C(=C\c3ccc(OCc4ccccc4C#N)cc3)C2=O)c1. The minimum Gasteiger partial charge on any atom is -0.492 e. The van der Waals surface area contributed by atoms with Gasteiger partial charge in [0, 0.05) is 5.56 Å². The first kappa shape index (κ1) is 23.1. The maximum Gasteiger partial charge on any atom is 0.293 e. The van der Waals surface area contributed by atoms with E-state index in [4.69, 9.17) is 9.47 Å². The Kier molecular flexibility index (Phi) is 7.31. The Balaban J connectivity index is 1.34. The molecule has 0 atom stereocenters. The van der Waals surface area contributed by atoms with Crippen molar-refractivity contribution in [1.29, 1.82) is 5.26 Å². The molecule has 0 aromatic heterocycles. The lowest BCUT2D eigenvalue weighted by atomic mass is 10.1. The van der Waals surface area contributed by atoms with E-state index in [0.29, 0.717) is 22.0 Å². The molecular weight excluding hydrogens is 448 g/mol. The van der Waals surface area contributed by atoms with E-state index < -0.39 is 0 Å². The zero-order valence-corrected chi connectivity index (χ0v) is 19.4. The Bertz CT molecular complexity index is 1280. The molecule has 0 saturated carbocycles. The molecule has 6 nitrogen and oxygen atoms in total. The van der Waals surface area contributed by atoms with Crippen LogP contribution in [0.5, 0.6) is 11.5 Å². The lowest BCUT2D eigenvalue weighted by Crippen LogP contribution is -2.32. The highest BCUT2D eigenvalue weighted by atomic mass is 32.2. The van der Waals surface area contributed by atoms with Gasteiger partial charge < -0.3 is 9.47 Å². The topological polar surface area (TPSA) is 79.6 Å². The highest BCUT2D eigenvalue weighted by molar-refractivity contribution is 8.18. The number of thioether (sulfide) groups is 1. The van der Waals surface area contributed by atoms with Crippen LogP contribution < -0.4 is 9.47 Å². The van der Waals surface area contributed by atoms with Crippen molar-refractivity contribution in [3.8, 4) is 17.6 Å². The molecule has 0 unspecified atom stereocenters. The van der Waals surface area contributed by atoms with E-state index in [-0.39, 0.29) is 30.9 Å².